The molecule has 0 fully saturated rings. The fourth-order valence-corrected chi connectivity index (χ4v) is 2.32. The van der Waals surface area contributed by atoms with Crippen LogP contribution in [0.5, 0.6) is 0 Å². The van der Waals surface area contributed by atoms with E-state index in [4.69, 9.17) is 0 Å². The molecule has 1 atom stereocenters. The lowest BCUT2D eigenvalue weighted by Gasteiger charge is -2.20. The first-order valence-electron chi connectivity index (χ1n) is 4.43. The summed E-state index contributed by atoms with van der Waals surface area (Å²) in [6, 6.07) is -0.435. The zero-order valence-corrected chi connectivity index (χ0v) is 10.9. The second-order valence-corrected chi connectivity index (χ2v) is 7.47. The summed E-state index contributed by atoms with van der Waals surface area (Å²) >= 11 is 0. The lowest BCUT2D eigenvalue weighted by molar-refractivity contribution is 0.443. The summed E-state index contributed by atoms with van der Waals surface area (Å²) in [4.78, 5) is 0. The highest BCUT2D eigenvalue weighted by atomic mass is 32.2. The standard InChI is InChI=1S/C7H18N2O4S2/c1-6(2)7(9-15(4,12)13)5-8-14(3,10)11/h6-9H,5H2,1-4H3/t7-/m1/s1. The normalized spacial score (nSPS) is 15.5. The molecule has 0 radical (unpaired) electrons. The third kappa shape index (κ3) is 8.79. The second-order valence-electron chi connectivity index (χ2n) is 3.86. The highest BCUT2D eigenvalue weighted by Crippen LogP contribution is 2.02. The summed E-state index contributed by atoms with van der Waals surface area (Å²) in [5.41, 5.74) is 0. The molecule has 0 saturated heterocycles. The van der Waals surface area contributed by atoms with Crippen LogP contribution in [0.1, 0.15) is 13.8 Å². The van der Waals surface area contributed by atoms with E-state index in [9.17, 15) is 16.8 Å². The Kier molecular flexibility index (Phi) is 5.18. The van der Waals surface area contributed by atoms with E-state index >= 15 is 0 Å². The van der Waals surface area contributed by atoms with Gasteiger partial charge >= 0.3 is 0 Å². The fraction of sp³-hybridized carbons (Fsp3) is 1.00. The molecule has 0 bridgehead atoms. The van der Waals surface area contributed by atoms with Gasteiger partial charge in [-0.15, -0.1) is 0 Å². The third-order valence-electron chi connectivity index (χ3n) is 1.74. The van der Waals surface area contributed by atoms with Crippen LogP contribution in [0.15, 0.2) is 0 Å². The molecule has 2 N–H and O–H groups in total. The van der Waals surface area contributed by atoms with E-state index in [1.165, 1.54) is 0 Å². The van der Waals surface area contributed by atoms with Crippen molar-refractivity contribution in [1.82, 2.24) is 9.44 Å². The highest BCUT2D eigenvalue weighted by Gasteiger charge is 2.18. The van der Waals surface area contributed by atoms with Crippen LogP contribution in [0.2, 0.25) is 0 Å². The molecule has 6 nitrogen and oxygen atoms in total. The van der Waals surface area contributed by atoms with Crippen LogP contribution in [-0.2, 0) is 20.0 Å². The van der Waals surface area contributed by atoms with Crippen LogP contribution >= 0.6 is 0 Å². The van der Waals surface area contributed by atoms with Gasteiger partial charge in [0.05, 0.1) is 12.5 Å². The average molecular weight is 258 g/mol. The van der Waals surface area contributed by atoms with Gasteiger partial charge in [0.15, 0.2) is 0 Å². The highest BCUT2D eigenvalue weighted by molar-refractivity contribution is 7.89. The second kappa shape index (κ2) is 5.24. The van der Waals surface area contributed by atoms with Gasteiger partial charge in [-0.25, -0.2) is 26.3 Å². The molecule has 0 aliphatic heterocycles. The van der Waals surface area contributed by atoms with Crippen molar-refractivity contribution in [2.75, 3.05) is 19.1 Å². The van der Waals surface area contributed by atoms with E-state index in [1.54, 1.807) is 0 Å². The first-order valence-corrected chi connectivity index (χ1v) is 8.21. The Hall–Kier alpha value is -0.180. The van der Waals surface area contributed by atoms with E-state index in [0.29, 0.717) is 0 Å². The summed E-state index contributed by atoms with van der Waals surface area (Å²) in [7, 11) is -6.61. The van der Waals surface area contributed by atoms with Gasteiger partial charge in [0.1, 0.15) is 0 Å². The largest absolute Gasteiger partial charge is 0.214 e. The molecule has 15 heavy (non-hydrogen) atoms. The SMILES string of the molecule is CC(C)[C@@H](CNS(C)(=O)=O)NS(C)(=O)=O. The smallest absolute Gasteiger partial charge is 0.209 e. The number of sulfonamides is 2. The van der Waals surface area contributed by atoms with E-state index in [0.717, 1.165) is 12.5 Å². The van der Waals surface area contributed by atoms with Crippen LogP contribution < -0.4 is 9.44 Å². The van der Waals surface area contributed by atoms with Crippen LogP contribution in [0, 0.1) is 5.92 Å². The maximum absolute atomic E-state index is 11.0. The molecule has 0 aromatic heterocycles. The van der Waals surface area contributed by atoms with E-state index < -0.39 is 26.1 Å². The summed E-state index contributed by atoms with van der Waals surface area (Å²) < 4.78 is 48.3. The molecule has 0 unspecified atom stereocenters. The summed E-state index contributed by atoms with van der Waals surface area (Å²) in [5.74, 6) is 0.00831. The van der Waals surface area contributed by atoms with Crippen molar-refractivity contribution in [3.05, 3.63) is 0 Å². The Balaban J connectivity index is 4.44. The Morgan fingerprint density at radius 1 is 1.00 bits per heavy atom. The van der Waals surface area contributed by atoms with Gasteiger partial charge in [0, 0.05) is 12.6 Å². The lowest BCUT2D eigenvalue weighted by Crippen LogP contribution is -2.45. The van der Waals surface area contributed by atoms with Crippen molar-refractivity contribution < 1.29 is 16.8 Å². The Bertz CT molecular complexity index is 385. The van der Waals surface area contributed by atoms with Crippen molar-refractivity contribution in [3.63, 3.8) is 0 Å². The monoisotopic (exact) mass is 258 g/mol. The van der Waals surface area contributed by atoms with Gasteiger partial charge in [0.25, 0.3) is 0 Å². The molecule has 0 aromatic rings. The molecule has 8 heteroatoms. The number of nitrogens with one attached hydrogen (secondary N) is 2. The molecular weight excluding hydrogens is 240 g/mol. The fourth-order valence-electron chi connectivity index (χ4n) is 0.930. The molecule has 0 heterocycles. The van der Waals surface area contributed by atoms with E-state index in [1.807, 2.05) is 13.8 Å². The minimum atomic E-state index is -3.32. The van der Waals surface area contributed by atoms with Gasteiger partial charge < -0.3 is 0 Å². The summed E-state index contributed by atoms with van der Waals surface area (Å²) in [5, 5.41) is 0. The molecule has 92 valence electrons. The van der Waals surface area contributed by atoms with Crippen molar-refractivity contribution >= 4 is 20.0 Å². The van der Waals surface area contributed by atoms with Crippen LogP contribution in [-0.4, -0.2) is 41.9 Å². The quantitative estimate of drug-likeness (QED) is 0.646. The van der Waals surface area contributed by atoms with Crippen LogP contribution in [0.25, 0.3) is 0 Å². The maximum Gasteiger partial charge on any atom is 0.209 e. The first-order chi connectivity index (χ1) is 6.51. The summed E-state index contributed by atoms with van der Waals surface area (Å²) in [6.07, 6.45) is 2.08. The number of rotatable bonds is 6. The Morgan fingerprint density at radius 3 is 1.73 bits per heavy atom. The first kappa shape index (κ1) is 14.8. The predicted molar refractivity (Wildman–Crippen MR) is 59.5 cm³/mol. The molecule has 0 aliphatic carbocycles. The maximum atomic E-state index is 11.0. The molecule has 0 aliphatic rings. The molecular formula is C7H18N2O4S2. The number of hydrogen-bond donors (Lipinski definition) is 2. The zero-order valence-electron chi connectivity index (χ0n) is 9.31. The molecule has 0 rings (SSSR count). The van der Waals surface area contributed by atoms with Crippen LogP contribution in [0.3, 0.4) is 0 Å². The van der Waals surface area contributed by atoms with E-state index in [-0.39, 0.29) is 12.5 Å². The van der Waals surface area contributed by atoms with Crippen molar-refractivity contribution in [1.29, 1.82) is 0 Å². The molecule has 0 saturated carbocycles. The molecule has 0 aromatic carbocycles. The minimum absolute atomic E-state index is 0.00831. The van der Waals surface area contributed by atoms with Gasteiger partial charge in [0.2, 0.25) is 20.0 Å². The van der Waals surface area contributed by atoms with Crippen molar-refractivity contribution in [3.8, 4) is 0 Å². The van der Waals surface area contributed by atoms with Crippen molar-refractivity contribution in [2.24, 2.45) is 5.92 Å². The number of hydrogen-bond acceptors (Lipinski definition) is 4. The van der Waals surface area contributed by atoms with Crippen LogP contribution in [0.4, 0.5) is 0 Å². The minimum Gasteiger partial charge on any atom is -0.214 e. The van der Waals surface area contributed by atoms with Gasteiger partial charge in [-0.05, 0) is 5.92 Å². The molecule has 0 amide bonds. The van der Waals surface area contributed by atoms with Crippen molar-refractivity contribution in [2.45, 2.75) is 19.9 Å². The summed E-state index contributed by atoms with van der Waals surface area (Å²) in [6.45, 7) is 3.68. The van der Waals surface area contributed by atoms with Gasteiger partial charge in [-0.1, -0.05) is 13.8 Å². The Labute approximate surface area is 91.6 Å². The Morgan fingerprint density at radius 2 is 1.47 bits per heavy atom. The lowest BCUT2D eigenvalue weighted by atomic mass is 10.1. The predicted octanol–water partition coefficient (Wildman–Crippen LogP) is -0.891. The van der Waals surface area contributed by atoms with E-state index in [2.05, 4.69) is 9.44 Å². The third-order valence-corrected chi connectivity index (χ3v) is 3.16. The molecule has 0 spiro atoms. The zero-order chi connectivity index (χ0) is 12.3. The topological polar surface area (TPSA) is 92.3 Å². The average Bonchev–Trinajstić information content (AvgIpc) is 1.93. The van der Waals surface area contributed by atoms with Gasteiger partial charge in [-0.3, -0.25) is 0 Å². The van der Waals surface area contributed by atoms with Gasteiger partial charge in [-0.2, -0.15) is 0 Å².